The van der Waals surface area contributed by atoms with Gasteiger partial charge in [-0.2, -0.15) is 0 Å². The summed E-state index contributed by atoms with van der Waals surface area (Å²) in [7, 11) is 0. The fourth-order valence-electron chi connectivity index (χ4n) is 2.33. The Labute approximate surface area is 114 Å². The van der Waals surface area contributed by atoms with Gasteiger partial charge in [-0.3, -0.25) is 14.9 Å². The van der Waals surface area contributed by atoms with E-state index in [1.807, 2.05) is 18.2 Å². The van der Waals surface area contributed by atoms with E-state index in [4.69, 9.17) is 11.6 Å². The Bertz CT molecular complexity index is 687. The van der Waals surface area contributed by atoms with Crippen LogP contribution in [0.2, 0.25) is 5.28 Å². The Balaban J connectivity index is 2.12. The largest absolute Gasteiger partial charge is 0.296 e. The molecule has 1 aliphatic heterocycles. The third-order valence-electron chi connectivity index (χ3n) is 3.23. The molecule has 2 amide bonds. The molecule has 6 heteroatoms. The minimum absolute atomic E-state index is 0.146. The van der Waals surface area contributed by atoms with Gasteiger partial charge in [-0.1, -0.05) is 18.2 Å². The van der Waals surface area contributed by atoms with Crippen LogP contribution < -0.4 is 5.32 Å². The van der Waals surface area contributed by atoms with Crippen molar-refractivity contribution in [1.82, 2.24) is 15.3 Å². The van der Waals surface area contributed by atoms with Crippen LogP contribution in [0, 0.1) is 0 Å². The number of rotatable bonds is 1. The van der Waals surface area contributed by atoms with Crippen molar-refractivity contribution >= 4 is 34.3 Å². The number of imide groups is 1. The van der Waals surface area contributed by atoms with Gasteiger partial charge in [0.05, 0.1) is 11.4 Å². The first-order chi connectivity index (χ1) is 9.15. The van der Waals surface area contributed by atoms with Crippen molar-refractivity contribution in [3.05, 3.63) is 35.2 Å². The van der Waals surface area contributed by atoms with Crippen molar-refractivity contribution < 1.29 is 9.59 Å². The maximum absolute atomic E-state index is 11.9. The second-order valence-corrected chi connectivity index (χ2v) is 4.77. The predicted molar refractivity (Wildman–Crippen MR) is 69.7 cm³/mol. The molecule has 1 aromatic carbocycles. The molecule has 1 N–H and O–H groups in total. The van der Waals surface area contributed by atoms with Gasteiger partial charge in [-0.15, -0.1) is 0 Å². The molecule has 0 spiro atoms. The zero-order chi connectivity index (χ0) is 13.4. The summed E-state index contributed by atoms with van der Waals surface area (Å²) in [6.45, 7) is 0. The van der Waals surface area contributed by atoms with E-state index in [1.165, 1.54) is 0 Å². The van der Waals surface area contributed by atoms with E-state index in [0.717, 1.165) is 10.9 Å². The summed E-state index contributed by atoms with van der Waals surface area (Å²) in [6, 6.07) is 5.55. The number of benzene rings is 1. The number of halogens is 1. The molecule has 2 aromatic rings. The van der Waals surface area contributed by atoms with Gasteiger partial charge in [0, 0.05) is 18.0 Å². The van der Waals surface area contributed by atoms with E-state index in [0.29, 0.717) is 18.4 Å². The Morgan fingerprint density at radius 2 is 2.16 bits per heavy atom. The smallest absolute Gasteiger partial charge is 0.234 e. The summed E-state index contributed by atoms with van der Waals surface area (Å²) in [5.41, 5.74) is 1.45. The van der Waals surface area contributed by atoms with Crippen LogP contribution in [0.4, 0.5) is 0 Å². The monoisotopic (exact) mass is 275 g/mol. The van der Waals surface area contributed by atoms with Crippen LogP contribution in [-0.2, 0) is 9.59 Å². The van der Waals surface area contributed by atoms with Crippen molar-refractivity contribution in [3.63, 3.8) is 0 Å². The minimum Gasteiger partial charge on any atom is -0.296 e. The Morgan fingerprint density at radius 1 is 1.32 bits per heavy atom. The summed E-state index contributed by atoms with van der Waals surface area (Å²) >= 11 is 5.81. The van der Waals surface area contributed by atoms with Crippen LogP contribution in [-0.4, -0.2) is 21.8 Å². The number of nitrogens with one attached hydrogen (secondary N) is 1. The normalized spacial score (nSPS) is 19.5. The fourth-order valence-corrected chi connectivity index (χ4v) is 2.46. The van der Waals surface area contributed by atoms with Crippen LogP contribution >= 0.6 is 11.6 Å². The molecule has 96 valence electrons. The molecule has 1 aromatic heterocycles. The highest BCUT2D eigenvalue weighted by Crippen LogP contribution is 2.30. The van der Waals surface area contributed by atoms with Gasteiger partial charge < -0.3 is 0 Å². The highest BCUT2D eigenvalue weighted by molar-refractivity contribution is 6.28. The lowest BCUT2D eigenvalue weighted by Gasteiger charge is -2.21. The molecule has 5 nitrogen and oxygen atoms in total. The lowest BCUT2D eigenvalue weighted by molar-refractivity contribution is -0.134. The van der Waals surface area contributed by atoms with Crippen LogP contribution in [0.5, 0.6) is 0 Å². The van der Waals surface area contributed by atoms with Crippen LogP contribution in [0.25, 0.3) is 10.9 Å². The van der Waals surface area contributed by atoms with E-state index in [1.54, 1.807) is 6.20 Å². The van der Waals surface area contributed by atoms with Gasteiger partial charge >= 0.3 is 0 Å². The average molecular weight is 276 g/mol. The maximum Gasteiger partial charge on any atom is 0.234 e. The van der Waals surface area contributed by atoms with E-state index in [-0.39, 0.29) is 23.0 Å². The number of aromatic nitrogens is 2. The van der Waals surface area contributed by atoms with Gasteiger partial charge in [-0.05, 0) is 23.6 Å². The Hall–Kier alpha value is -2.01. The van der Waals surface area contributed by atoms with Crippen molar-refractivity contribution in [2.75, 3.05) is 0 Å². The van der Waals surface area contributed by atoms with Gasteiger partial charge in [0.1, 0.15) is 0 Å². The molecule has 0 radical (unpaired) electrons. The van der Waals surface area contributed by atoms with E-state index in [2.05, 4.69) is 15.3 Å². The number of carbonyl (C=O) groups excluding carboxylic acids is 2. The highest BCUT2D eigenvalue weighted by atomic mass is 35.5. The number of hydrogen-bond acceptors (Lipinski definition) is 4. The van der Waals surface area contributed by atoms with Gasteiger partial charge in [0.25, 0.3) is 0 Å². The summed E-state index contributed by atoms with van der Waals surface area (Å²) in [4.78, 5) is 31.2. The van der Waals surface area contributed by atoms with Crippen molar-refractivity contribution in [2.24, 2.45) is 0 Å². The molecule has 1 fully saturated rings. The van der Waals surface area contributed by atoms with Crippen LogP contribution in [0.3, 0.4) is 0 Å². The third kappa shape index (κ3) is 2.17. The maximum atomic E-state index is 11.9. The number of carbonyl (C=O) groups is 2. The fraction of sp³-hybridized carbons (Fsp3) is 0.231. The summed E-state index contributed by atoms with van der Waals surface area (Å²) in [5, 5.41) is 3.32. The molecular weight excluding hydrogens is 266 g/mol. The number of hydrogen-bond donors (Lipinski definition) is 1. The van der Waals surface area contributed by atoms with Crippen molar-refractivity contribution in [1.29, 1.82) is 0 Å². The van der Waals surface area contributed by atoms with Crippen molar-refractivity contribution in [2.45, 2.75) is 18.8 Å². The predicted octanol–water partition coefficient (Wildman–Crippen LogP) is 1.80. The van der Waals surface area contributed by atoms with E-state index < -0.39 is 0 Å². The van der Waals surface area contributed by atoms with Gasteiger partial charge in [0.2, 0.25) is 17.1 Å². The standard InChI is InChI=1S/C13H10ClN3O2/c14-13-15-6-7-2-1-3-8(11(7)17-13)9-4-5-10(18)16-12(9)19/h1-3,6,9H,4-5H2,(H,16,18,19). The molecule has 1 atom stereocenters. The SMILES string of the molecule is O=C1CCC(c2cccc3cnc(Cl)nc23)C(=O)N1. The molecule has 2 heterocycles. The molecule has 0 saturated carbocycles. The number of fused-ring (bicyclic) bond motifs is 1. The summed E-state index contributed by atoms with van der Waals surface area (Å²) in [6.07, 6.45) is 2.46. The van der Waals surface area contributed by atoms with Crippen LogP contribution in [0.15, 0.2) is 24.4 Å². The lowest BCUT2D eigenvalue weighted by Crippen LogP contribution is -2.39. The molecule has 1 saturated heterocycles. The highest BCUT2D eigenvalue weighted by Gasteiger charge is 2.29. The van der Waals surface area contributed by atoms with Gasteiger partial charge in [0.15, 0.2) is 0 Å². The Morgan fingerprint density at radius 3 is 2.95 bits per heavy atom. The van der Waals surface area contributed by atoms with Crippen LogP contribution in [0.1, 0.15) is 24.3 Å². The first kappa shape index (κ1) is 12.0. The summed E-state index contributed by atoms with van der Waals surface area (Å²) < 4.78 is 0. The van der Waals surface area contributed by atoms with Gasteiger partial charge in [-0.25, -0.2) is 9.97 Å². The number of amides is 2. The first-order valence-electron chi connectivity index (χ1n) is 5.90. The zero-order valence-electron chi connectivity index (χ0n) is 9.89. The molecule has 19 heavy (non-hydrogen) atoms. The molecule has 3 rings (SSSR count). The number of nitrogens with zero attached hydrogens (tertiary/aromatic N) is 2. The van der Waals surface area contributed by atoms with Crippen molar-refractivity contribution in [3.8, 4) is 0 Å². The van der Waals surface area contributed by atoms with E-state index in [9.17, 15) is 9.59 Å². The lowest BCUT2D eigenvalue weighted by atomic mass is 9.89. The number of para-hydroxylation sites is 1. The zero-order valence-corrected chi connectivity index (χ0v) is 10.6. The molecule has 1 aliphatic rings. The molecule has 1 unspecified atom stereocenters. The number of piperidine rings is 1. The topological polar surface area (TPSA) is 72.0 Å². The molecule has 0 bridgehead atoms. The average Bonchev–Trinajstić information content (AvgIpc) is 2.38. The third-order valence-corrected chi connectivity index (χ3v) is 3.41. The Kier molecular flexibility index (Phi) is 2.91. The second kappa shape index (κ2) is 4.59. The first-order valence-corrected chi connectivity index (χ1v) is 6.28. The van der Waals surface area contributed by atoms with E-state index >= 15 is 0 Å². The minimum atomic E-state index is -0.368. The second-order valence-electron chi connectivity index (χ2n) is 4.43. The quantitative estimate of drug-likeness (QED) is 0.636. The molecule has 0 aliphatic carbocycles. The summed E-state index contributed by atoms with van der Waals surface area (Å²) in [5.74, 6) is -0.875. The molecular formula is C13H10ClN3O2.